The summed E-state index contributed by atoms with van der Waals surface area (Å²) >= 11 is 0. The Morgan fingerprint density at radius 1 is 1.26 bits per heavy atom. The Hall–Kier alpha value is -1.98. The normalized spacial score (nSPS) is 13.3. The van der Waals surface area contributed by atoms with E-state index in [-0.39, 0.29) is 11.5 Å². The Labute approximate surface area is 112 Å². The standard InChI is InChI=1S/C13H19N5O/c1-5-10(13(2,3)4)19-12-6-11(15-8-16-12)18-9-14-7-17-18/h6-10H,5H2,1-4H3. The molecule has 1 atom stereocenters. The lowest BCUT2D eigenvalue weighted by molar-refractivity contribution is 0.0785. The van der Waals surface area contributed by atoms with Gasteiger partial charge < -0.3 is 4.74 Å². The third kappa shape index (κ3) is 3.27. The van der Waals surface area contributed by atoms with E-state index in [2.05, 4.69) is 47.7 Å². The van der Waals surface area contributed by atoms with Gasteiger partial charge in [-0.05, 0) is 11.8 Å². The molecule has 0 aliphatic carbocycles. The average Bonchev–Trinajstić information content (AvgIpc) is 2.88. The molecule has 2 aromatic rings. The Kier molecular flexibility index (Phi) is 3.78. The first-order valence-corrected chi connectivity index (χ1v) is 6.34. The highest BCUT2D eigenvalue weighted by Gasteiger charge is 2.25. The lowest BCUT2D eigenvalue weighted by atomic mass is 9.87. The van der Waals surface area contributed by atoms with E-state index in [0.717, 1.165) is 6.42 Å². The lowest BCUT2D eigenvalue weighted by Crippen LogP contribution is -2.31. The lowest BCUT2D eigenvalue weighted by Gasteiger charge is -2.29. The summed E-state index contributed by atoms with van der Waals surface area (Å²) in [6.07, 6.45) is 5.55. The summed E-state index contributed by atoms with van der Waals surface area (Å²) in [5.41, 5.74) is 0.0626. The van der Waals surface area contributed by atoms with E-state index < -0.39 is 0 Å². The Morgan fingerprint density at radius 2 is 2.05 bits per heavy atom. The van der Waals surface area contributed by atoms with Crippen LogP contribution < -0.4 is 4.74 Å². The van der Waals surface area contributed by atoms with E-state index in [1.807, 2.05) is 0 Å². The van der Waals surface area contributed by atoms with Crippen molar-refractivity contribution in [2.24, 2.45) is 5.41 Å². The van der Waals surface area contributed by atoms with Crippen molar-refractivity contribution in [2.75, 3.05) is 0 Å². The van der Waals surface area contributed by atoms with Crippen LogP contribution in [0.2, 0.25) is 0 Å². The molecule has 2 heterocycles. The summed E-state index contributed by atoms with van der Waals surface area (Å²) in [4.78, 5) is 12.2. The van der Waals surface area contributed by atoms with Crippen LogP contribution in [-0.2, 0) is 0 Å². The zero-order chi connectivity index (χ0) is 13.9. The van der Waals surface area contributed by atoms with Gasteiger partial charge in [0.05, 0.1) is 0 Å². The van der Waals surface area contributed by atoms with Crippen LogP contribution in [0, 0.1) is 5.41 Å². The summed E-state index contributed by atoms with van der Waals surface area (Å²) in [6, 6.07) is 1.77. The molecule has 102 valence electrons. The summed E-state index contributed by atoms with van der Waals surface area (Å²) < 4.78 is 7.53. The molecule has 2 aromatic heterocycles. The van der Waals surface area contributed by atoms with Gasteiger partial charge >= 0.3 is 0 Å². The van der Waals surface area contributed by atoms with Gasteiger partial charge in [-0.25, -0.2) is 19.6 Å². The maximum atomic E-state index is 5.95. The van der Waals surface area contributed by atoms with Gasteiger partial charge in [0.15, 0.2) is 5.82 Å². The van der Waals surface area contributed by atoms with Crippen LogP contribution in [0.1, 0.15) is 34.1 Å². The van der Waals surface area contributed by atoms with Crippen molar-refractivity contribution in [1.29, 1.82) is 0 Å². The highest BCUT2D eigenvalue weighted by molar-refractivity contribution is 5.25. The van der Waals surface area contributed by atoms with Gasteiger partial charge in [-0.3, -0.25) is 0 Å². The topological polar surface area (TPSA) is 65.7 Å². The molecule has 0 saturated carbocycles. The number of rotatable bonds is 4. The van der Waals surface area contributed by atoms with Crippen molar-refractivity contribution in [1.82, 2.24) is 24.7 Å². The molecule has 0 aromatic carbocycles. The minimum absolute atomic E-state index is 0.0626. The van der Waals surface area contributed by atoms with Gasteiger partial charge in [0.25, 0.3) is 0 Å². The van der Waals surface area contributed by atoms with Crippen molar-refractivity contribution in [3.8, 4) is 11.7 Å². The zero-order valence-electron chi connectivity index (χ0n) is 11.7. The van der Waals surface area contributed by atoms with Crippen LogP contribution in [0.3, 0.4) is 0 Å². The van der Waals surface area contributed by atoms with Gasteiger partial charge in [-0.1, -0.05) is 27.7 Å². The number of aromatic nitrogens is 5. The largest absolute Gasteiger partial charge is 0.474 e. The number of nitrogens with zero attached hydrogens (tertiary/aromatic N) is 5. The highest BCUT2D eigenvalue weighted by atomic mass is 16.5. The smallest absolute Gasteiger partial charge is 0.218 e. The molecule has 0 amide bonds. The Balaban J connectivity index is 2.20. The maximum Gasteiger partial charge on any atom is 0.218 e. The van der Waals surface area contributed by atoms with Crippen molar-refractivity contribution >= 4 is 0 Å². The molecule has 0 saturated heterocycles. The first-order valence-electron chi connectivity index (χ1n) is 6.34. The van der Waals surface area contributed by atoms with Crippen molar-refractivity contribution in [2.45, 2.75) is 40.2 Å². The van der Waals surface area contributed by atoms with Crippen LogP contribution in [0.5, 0.6) is 5.88 Å². The van der Waals surface area contributed by atoms with Crippen molar-refractivity contribution < 1.29 is 4.74 Å². The monoisotopic (exact) mass is 261 g/mol. The maximum absolute atomic E-state index is 5.95. The molecule has 0 N–H and O–H groups in total. The molecule has 0 aliphatic heterocycles. The van der Waals surface area contributed by atoms with Crippen LogP contribution in [0.15, 0.2) is 25.0 Å². The Bertz CT molecular complexity index is 518. The summed E-state index contributed by atoms with van der Waals surface area (Å²) in [6.45, 7) is 8.57. The third-order valence-corrected chi connectivity index (χ3v) is 2.88. The van der Waals surface area contributed by atoms with Crippen LogP contribution in [-0.4, -0.2) is 30.8 Å². The summed E-state index contributed by atoms with van der Waals surface area (Å²) in [7, 11) is 0. The summed E-state index contributed by atoms with van der Waals surface area (Å²) in [5.74, 6) is 1.20. The van der Waals surface area contributed by atoms with Crippen LogP contribution >= 0.6 is 0 Å². The molecule has 19 heavy (non-hydrogen) atoms. The summed E-state index contributed by atoms with van der Waals surface area (Å²) in [5, 5.41) is 4.04. The molecule has 0 bridgehead atoms. The van der Waals surface area contributed by atoms with E-state index in [1.165, 1.54) is 12.7 Å². The third-order valence-electron chi connectivity index (χ3n) is 2.88. The molecule has 1 unspecified atom stereocenters. The van der Waals surface area contributed by atoms with Crippen molar-refractivity contribution in [3.63, 3.8) is 0 Å². The average molecular weight is 261 g/mol. The second-order valence-corrected chi connectivity index (χ2v) is 5.44. The number of hydrogen-bond donors (Lipinski definition) is 0. The minimum Gasteiger partial charge on any atom is -0.474 e. The van der Waals surface area contributed by atoms with Gasteiger partial charge in [0.2, 0.25) is 5.88 Å². The van der Waals surface area contributed by atoms with Gasteiger partial charge in [0, 0.05) is 6.07 Å². The van der Waals surface area contributed by atoms with Gasteiger partial charge in [-0.2, -0.15) is 5.10 Å². The molecular formula is C13H19N5O. The molecule has 6 heteroatoms. The molecular weight excluding hydrogens is 242 g/mol. The van der Waals surface area contributed by atoms with E-state index in [9.17, 15) is 0 Å². The predicted octanol–water partition coefficient (Wildman–Crippen LogP) is 2.26. The van der Waals surface area contributed by atoms with E-state index in [4.69, 9.17) is 4.74 Å². The molecule has 0 fully saturated rings. The predicted molar refractivity (Wildman–Crippen MR) is 71.1 cm³/mol. The van der Waals surface area contributed by atoms with E-state index in [1.54, 1.807) is 17.1 Å². The molecule has 6 nitrogen and oxygen atoms in total. The molecule has 0 aliphatic rings. The van der Waals surface area contributed by atoms with Crippen LogP contribution in [0.4, 0.5) is 0 Å². The van der Waals surface area contributed by atoms with Crippen molar-refractivity contribution in [3.05, 3.63) is 25.0 Å². The van der Waals surface area contributed by atoms with Gasteiger partial charge in [-0.15, -0.1) is 0 Å². The van der Waals surface area contributed by atoms with E-state index >= 15 is 0 Å². The highest BCUT2D eigenvalue weighted by Crippen LogP contribution is 2.26. The minimum atomic E-state index is 0.0626. The Morgan fingerprint density at radius 3 is 2.63 bits per heavy atom. The van der Waals surface area contributed by atoms with Crippen LogP contribution in [0.25, 0.3) is 5.82 Å². The fourth-order valence-electron chi connectivity index (χ4n) is 1.86. The number of hydrogen-bond acceptors (Lipinski definition) is 5. The van der Waals surface area contributed by atoms with Gasteiger partial charge in [0.1, 0.15) is 25.1 Å². The SMILES string of the molecule is CCC(Oc1cc(-n2cncn2)ncn1)C(C)(C)C. The number of ether oxygens (including phenoxy) is 1. The molecule has 0 spiro atoms. The second-order valence-electron chi connectivity index (χ2n) is 5.44. The zero-order valence-corrected chi connectivity index (χ0v) is 11.7. The quantitative estimate of drug-likeness (QED) is 0.844. The second kappa shape index (κ2) is 5.34. The molecule has 2 rings (SSSR count). The fourth-order valence-corrected chi connectivity index (χ4v) is 1.86. The first kappa shape index (κ1) is 13.5. The first-order chi connectivity index (χ1) is 9.00. The van der Waals surface area contributed by atoms with E-state index in [0.29, 0.717) is 11.7 Å². The molecule has 0 radical (unpaired) electrons. The fraction of sp³-hybridized carbons (Fsp3) is 0.538.